The lowest BCUT2D eigenvalue weighted by molar-refractivity contribution is -0.138. The summed E-state index contributed by atoms with van der Waals surface area (Å²) in [7, 11) is -0.768. The van der Waals surface area contributed by atoms with Crippen LogP contribution in [0.5, 0.6) is 0 Å². The predicted molar refractivity (Wildman–Crippen MR) is 191 cm³/mol. The van der Waals surface area contributed by atoms with Crippen LogP contribution in [0, 0.1) is 23.7 Å². The Balaban J connectivity index is 1.78. The van der Waals surface area contributed by atoms with Crippen molar-refractivity contribution in [3.05, 3.63) is 0 Å². The molecule has 0 aromatic rings. The van der Waals surface area contributed by atoms with E-state index in [1.165, 1.54) is 24.8 Å². The van der Waals surface area contributed by atoms with Crippen molar-refractivity contribution in [2.75, 3.05) is 40.3 Å². The summed E-state index contributed by atoms with van der Waals surface area (Å²) in [5.74, 6) is -1.24. The monoisotopic (exact) mass is 713 g/mol. The number of hydrogen-bond donors (Lipinski definition) is 4. The van der Waals surface area contributed by atoms with E-state index >= 15 is 0 Å². The molecule has 0 aliphatic heterocycles. The van der Waals surface area contributed by atoms with Gasteiger partial charge in [-0.1, -0.05) is 40.0 Å². The molecular formula is C36H67N5O7S. The average Bonchev–Trinajstić information content (AvgIpc) is 3.08. The van der Waals surface area contributed by atoms with Gasteiger partial charge >= 0.3 is 0 Å². The minimum Gasteiger partial charge on any atom is -0.393 e. The fourth-order valence-corrected chi connectivity index (χ4v) is 9.74. The fourth-order valence-electron chi connectivity index (χ4n) is 8.19. The molecule has 49 heavy (non-hydrogen) atoms. The summed E-state index contributed by atoms with van der Waals surface area (Å²) in [4.78, 5) is 42.6. The van der Waals surface area contributed by atoms with Crippen LogP contribution in [-0.4, -0.2) is 114 Å². The van der Waals surface area contributed by atoms with E-state index in [4.69, 9.17) is 0 Å². The first kappa shape index (κ1) is 41.6. The number of likely N-dealkylation sites (N-methyl/N-ethyl adjacent to an activating group) is 1. The first-order chi connectivity index (χ1) is 23.3. The fraction of sp³-hybridized carbons (Fsp3) is 0.917. The van der Waals surface area contributed by atoms with Crippen molar-refractivity contribution >= 4 is 27.7 Å². The largest absolute Gasteiger partial charge is 0.393 e. The first-order valence-corrected chi connectivity index (χ1v) is 20.7. The van der Waals surface area contributed by atoms with E-state index in [-0.39, 0.29) is 55.6 Å². The van der Waals surface area contributed by atoms with Crippen molar-refractivity contribution in [3.63, 3.8) is 0 Å². The molecule has 3 saturated carbocycles. The first-order valence-electron chi connectivity index (χ1n) is 19.2. The molecule has 5 unspecified atom stereocenters. The molecular weight excluding hydrogens is 646 g/mol. The zero-order chi connectivity index (χ0) is 36.1. The summed E-state index contributed by atoms with van der Waals surface area (Å²) in [5, 5.41) is 25.7. The summed E-state index contributed by atoms with van der Waals surface area (Å²) in [5.41, 5.74) is 2.98. The Labute approximate surface area is 296 Å². The van der Waals surface area contributed by atoms with Gasteiger partial charge in [0, 0.05) is 58.5 Å². The summed E-state index contributed by atoms with van der Waals surface area (Å²) in [6, 6.07) is -0.645. The number of sulfonamides is 1. The molecule has 0 spiro atoms. The highest BCUT2D eigenvalue weighted by Crippen LogP contribution is 2.36. The van der Waals surface area contributed by atoms with Gasteiger partial charge in [-0.05, 0) is 88.9 Å². The summed E-state index contributed by atoms with van der Waals surface area (Å²) in [6.07, 6.45) is 10.3. The van der Waals surface area contributed by atoms with Gasteiger partial charge < -0.3 is 20.4 Å². The average molecular weight is 714 g/mol. The minimum atomic E-state index is -3.73. The molecule has 3 aliphatic rings. The third-order valence-electron chi connectivity index (χ3n) is 11.1. The molecule has 3 rings (SSSR count). The number of nitrogens with one attached hydrogen (secondary N) is 2. The van der Waals surface area contributed by atoms with Crippen LogP contribution in [0.3, 0.4) is 0 Å². The van der Waals surface area contributed by atoms with Crippen LogP contribution in [0.15, 0.2) is 0 Å². The Morgan fingerprint density at radius 1 is 0.837 bits per heavy atom. The molecule has 3 fully saturated rings. The van der Waals surface area contributed by atoms with Gasteiger partial charge in [0.15, 0.2) is 0 Å². The molecule has 0 bridgehead atoms. The van der Waals surface area contributed by atoms with E-state index < -0.39 is 39.3 Å². The summed E-state index contributed by atoms with van der Waals surface area (Å²) < 4.78 is 28.0. The number of amides is 3. The standard InChI is InChI=1S/C36H67N5O7S/c1-6-18-40(19-7-2)36(46)29-22-28(23-31(24-29)49(47,48)39(4)5)35(45)37-32(20-27-14-16-30(42)17-15-27)33(43)25-41(8-3)38-34(44)21-26-12-10-9-11-13-26/h26-33,42-43H,6-25H2,1-5H3,(H,37,45)(H,38,44). The minimum absolute atomic E-state index is 0.0611. The Bertz CT molecular complexity index is 1130. The smallest absolute Gasteiger partial charge is 0.234 e. The normalized spacial score (nSPS) is 26.7. The second-order valence-corrected chi connectivity index (χ2v) is 17.7. The molecule has 13 heteroatoms. The van der Waals surface area contributed by atoms with Crippen LogP contribution < -0.4 is 10.7 Å². The van der Waals surface area contributed by atoms with Crippen LogP contribution in [0.4, 0.5) is 0 Å². The number of rotatable bonds is 18. The van der Waals surface area contributed by atoms with Crippen molar-refractivity contribution in [1.29, 1.82) is 0 Å². The van der Waals surface area contributed by atoms with Crippen LogP contribution >= 0.6 is 0 Å². The van der Waals surface area contributed by atoms with Crippen LogP contribution in [0.25, 0.3) is 0 Å². The van der Waals surface area contributed by atoms with Gasteiger partial charge in [-0.15, -0.1) is 0 Å². The van der Waals surface area contributed by atoms with Crippen LogP contribution in [0.1, 0.15) is 124 Å². The second kappa shape index (κ2) is 20.3. The summed E-state index contributed by atoms with van der Waals surface area (Å²) >= 11 is 0. The number of hydrogen-bond acceptors (Lipinski definition) is 8. The highest BCUT2D eigenvalue weighted by atomic mass is 32.2. The lowest BCUT2D eigenvalue weighted by Gasteiger charge is -2.38. The van der Waals surface area contributed by atoms with Crippen molar-refractivity contribution in [1.82, 2.24) is 25.0 Å². The SMILES string of the molecule is CCCN(CCC)C(=O)C1CC(C(=O)NC(CC2CCC(O)CC2)C(O)CN(CC)NC(=O)CC2CCCCC2)CC(S(=O)(=O)N(C)C)C1. The molecule has 3 aliphatic carbocycles. The van der Waals surface area contributed by atoms with Crippen LogP contribution in [-0.2, 0) is 24.4 Å². The maximum absolute atomic E-state index is 14.1. The van der Waals surface area contributed by atoms with Gasteiger partial charge in [0.1, 0.15) is 0 Å². The number of hydrazine groups is 1. The molecule has 0 heterocycles. The van der Waals surface area contributed by atoms with Gasteiger partial charge in [-0.3, -0.25) is 19.8 Å². The van der Waals surface area contributed by atoms with E-state index in [9.17, 15) is 33.0 Å². The van der Waals surface area contributed by atoms with Crippen molar-refractivity contribution in [3.8, 4) is 0 Å². The molecule has 0 aromatic heterocycles. The number of carbonyl (C=O) groups excluding carboxylic acids is 3. The van der Waals surface area contributed by atoms with E-state index in [0.29, 0.717) is 51.2 Å². The molecule has 0 aromatic carbocycles. The highest BCUT2D eigenvalue weighted by Gasteiger charge is 2.44. The van der Waals surface area contributed by atoms with E-state index in [0.717, 1.165) is 51.4 Å². The zero-order valence-corrected chi connectivity index (χ0v) is 31.8. The number of nitrogens with zero attached hydrogens (tertiary/aromatic N) is 3. The molecule has 4 N–H and O–H groups in total. The maximum atomic E-state index is 14.1. The third kappa shape index (κ3) is 12.7. The van der Waals surface area contributed by atoms with Gasteiger partial charge in [-0.2, -0.15) is 0 Å². The predicted octanol–water partition coefficient (Wildman–Crippen LogP) is 3.42. The van der Waals surface area contributed by atoms with Gasteiger partial charge in [0.2, 0.25) is 27.7 Å². The lowest BCUT2D eigenvalue weighted by Crippen LogP contribution is -2.55. The number of aliphatic hydroxyl groups is 2. The Morgan fingerprint density at radius 3 is 2.02 bits per heavy atom. The summed E-state index contributed by atoms with van der Waals surface area (Å²) in [6.45, 7) is 7.70. The molecule has 3 amide bonds. The van der Waals surface area contributed by atoms with E-state index in [2.05, 4.69) is 10.7 Å². The molecule has 284 valence electrons. The third-order valence-corrected chi connectivity index (χ3v) is 13.3. The maximum Gasteiger partial charge on any atom is 0.234 e. The Hall–Kier alpha value is -1.80. The van der Waals surface area contributed by atoms with Gasteiger partial charge in [0.25, 0.3) is 0 Å². The number of aliphatic hydroxyl groups excluding tert-OH is 2. The Kier molecular flexibility index (Phi) is 17.2. The quantitative estimate of drug-likeness (QED) is 0.157. The lowest BCUT2D eigenvalue weighted by atomic mass is 9.79. The van der Waals surface area contributed by atoms with Crippen molar-refractivity contribution < 1.29 is 33.0 Å². The van der Waals surface area contributed by atoms with Gasteiger partial charge in [0.05, 0.1) is 23.5 Å². The Morgan fingerprint density at radius 2 is 1.45 bits per heavy atom. The highest BCUT2D eigenvalue weighted by molar-refractivity contribution is 7.89. The van der Waals surface area contributed by atoms with E-state index in [1.807, 2.05) is 20.8 Å². The molecule has 12 nitrogen and oxygen atoms in total. The second-order valence-electron chi connectivity index (χ2n) is 15.3. The van der Waals surface area contributed by atoms with Crippen molar-refractivity contribution in [2.45, 2.75) is 147 Å². The molecule has 0 radical (unpaired) electrons. The van der Waals surface area contributed by atoms with E-state index in [1.54, 1.807) is 9.91 Å². The molecule has 5 atom stereocenters. The van der Waals surface area contributed by atoms with Crippen LogP contribution in [0.2, 0.25) is 0 Å². The number of carbonyl (C=O) groups is 3. The van der Waals surface area contributed by atoms with Crippen molar-refractivity contribution in [2.24, 2.45) is 23.7 Å². The van der Waals surface area contributed by atoms with Gasteiger partial charge in [-0.25, -0.2) is 17.7 Å². The molecule has 0 saturated heterocycles. The topological polar surface area (TPSA) is 160 Å². The zero-order valence-electron chi connectivity index (χ0n) is 30.9.